The highest BCUT2D eigenvalue weighted by Crippen LogP contribution is 2.06. The third-order valence-electron chi connectivity index (χ3n) is 2.18. The minimum Gasteiger partial charge on any atom is -0.302 e. The van der Waals surface area contributed by atoms with Crippen LogP contribution >= 0.6 is 0 Å². The number of hydrogen-bond donors (Lipinski definition) is 2. The topological polar surface area (TPSA) is 27.3 Å². The second kappa shape index (κ2) is 5.52. The van der Waals surface area contributed by atoms with Crippen molar-refractivity contribution in [1.29, 1.82) is 0 Å². The van der Waals surface area contributed by atoms with Crippen LogP contribution in [-0.4, -0.2) is 38.1 Å². The Balaban J connectivity index is 1.96. The third-order valence-corrected chi connectivity index (χ3v) is 2.18. The van der Waals surface area contributed by atoms with E-state index in [1.807, 2.05) is 7.05 Å². The van der Waals surface area contributed by atoms with Crippen molar-refractivity contribution in [3.63, 3.8) is 0 Å². The summed E-state index contributed by atoms with van der Waals surface area (Å²) in [6.07, 6.45) is 4.20. The maximum atomic E-state index is 3.10. The Morgan fingerprint density at radius 2 is 1.91 bits per heavy atom. The molecular formula is C8H19N3. The smallest absolute Gasteiger partial charge is 0.0228 e. The molecule has 0 aromatic carbocycles. The highest BCUT2D eigenvalue weighted by atomic mass is 15.3. The summed E-state index contributed by atoms with van der Waals surface area (Å²) in [6, 6.07) is 0. The quantitative estimate of drug-likeness (QED) is 0.451. The zero-order valence-electron chi connectivity index (χ0n) is 7.40. The van der Waals surface area contributed by atoms with Gasteiger partial charge in [0.2, 0.25) is 0 Å². The van der Waals surface area contributed by atoms with Crippen LogP contribution in [-0.2, 0) is 0 Å². The maximum absolute atomic E-state index is 3.10. The fraction of sp³-hybridized carbons (Fsp3) is 1.00. The van der Waals surface area contributed by atoms with E-state index in [-0.39, 0.29) is 0 Å². The standard InChI is InChI=1S/C8H19N3/c1-9-10-5-8-11-6-3-2-4-7-11/h9-10H,2-8H2,1H3. The summed E-state index contributed by atoms with van der Waals surface area (Å²) in [4.78, 5) is 2.52. The van der Waals surface area contributed by atoms with Crippen LogP contribution < -0.4 is 10.9 Å². The number of hydrogen-bond acceptors (Lipinski definition) is 3. The van der Waals surface area contributed by atoms with Crippen LogP contribution in [0.25, 0.3) is 0 Å². The highest BCUT2D eigenvalue weighted by Gasteiger charge is 2.07. The first kappa shape index (κ1) is 8.97. The van der Waals surface area contributed by atoms with Gasteiger partial charge in [-0.15, -0.1) is 0 Å². The Bertz CT molecular complexity index is 89.3. The number of hydrazine groups is 1. The highest BCUT2D eigenvalue weighted by molar-refractivity contribution is 4.64. The minimum atomic E-state index is 1.05. The van der Waals surface area contributed by atoms with Crippen LogP contribution in [0.4, 0.5) is 0 Å². The largest absolute Gasteiger partial charge is 0.302 e. The normalized spacial score (nSPS) is 20.5. The molecule has 0 aromatic rings. The lowest BCUT2D eigenvalue weighted by molar-refractivity contribution is 0.227. The van der Waals surface area contributed by atoms with Gasteiger partial charge in [0.05, 0.1) is 0 Å². The molecule has 0 amide bonds. The zero-order chi connectivity index (χ0) is 7.94. The van der Waals surface area contributed by atoms with Crippen molar-refractivity contribution in [1.82, 2.24) is 15.8 Å². The van der Waals surface area contributed by atoms with Gasteiger partial charge in [-0.2, -0.15) is 0 Å². The van der Waals surface area contributed by atoms with Gasteiger partial charge in [-0.05, 0) is 33.0 Å². The van der Waals surface area contributed by atoms with Crippen molar-refractivity contribution in [2.75, 3.05) is 33.2 Å². The molecular weight excluding hydrogens is 138 g/mol. The summed E-state index contributed by atoms with van der Waals surface area (Å²) in [5, 5.41) is 0. The van der Waals surface area contributed by atoms with Crippen LogP contribution in [0, 0.1) is 0 Å². The van der Waals surface area contributed by atoms with Gasteiger partial charge in [-0.3, -0.25) is 10.9 Å². The van der Waals surface area contributed by atoms with E-state index >= 15 is 0 Å². The van der Waals surface area contributed by atoms with Gasteiger partial charge < -0.3 is 4.90 Å². The van der Waals surface area contributed by atoms with E-state index in [1.54, 1.807) is 0 Å². The van der Waals surface area contributed by atoms with Crippen molar-refractivity contribution < 1.29 is 0 Å². The van der Waals surface area contributed by atoms with E-state index in [9.17, 15) is 0 Å². The van der Waals surface area contributed by atoms with Crippen molar-refractivity contribution in [3.8, 4) is 0 Å². The Hall–Kier alpha value is -0.120. The summed E-state index contributed by atoms with van der Waals surface area (Å²) in [5.74, 6) is 0. The molecule has 0 saturated carbocycles. The third kappa shape index (κ3) is 3.70. The van der Waals surface area contributed by atoms with Gasteiger partial charge >= 0.3 is 0 Å². The van der Waals surface area contributed by atoms with Crippen LogP contribution in [0.15, 0.2) is 0 Å². The van der Waals surface area contributed by atoms with Crippen molar-refractivity contribution in [2.45, 2.75) is 19.3 Å². The van der Waals surface area contributed by atoms with Crippen molar-refractivity contribution in [2.24, 2.45) is 0 Å². The molecule has 3 nitrogen and oxygen atoms in total. The van der Waals surface area contributed by atoms with Gasteiger partial charge in [-0.25, -0.2) is 0 Å². The molecule has 0 spiro atoms. The number of piperidine rings is 1. The van der Waals surface area contributed by atoms with Gasteiger partial charge in [-0.1, -0.05) is 6.42 Å². The second-order valence-electron chi connectivity index (χ2n) is 3.08. The van der Waals surface area contributed by atoms with Crippen molar-refractivity contribution >= 4 is 0 Å². The predicted molar refractivity (Wildman–Crippen MR) is 47.4 cm³/mol. The number of nitrogens with zero attached hydrogens (tertiary/aromatic N) is 1. The van der Waals surface area contributed by atoms with E-state index in [0.717, 1.165) is 6.54 Å². The Morgan fingerprint density at radius 1 is 1.18 bits per heavy atom. The van der Waals surface area contributed by atoms with Gasteiger partial charge in [0.1, 0.15) is 0 Å². The molecule has 3 heteroatoms. The van der Waals surface area contributed by atoms with Crippen LogP contribution in [0.2, 0.25) is 0 Å². The monoisotopic (exact) mass is 157 g/mol. The lowest BCUT2D eigenvalue weighted by Crippen LogP contribution is -2.39. The molecule has 1 saturated heterocycles. The van der Waals surface area contributed by atoms with E-state index in [0.29, 0.717) is 0 Å². The van der Waals surface area contributed by atoms with E-state index in [2.05, 4.69) is 15.8 Å². The molecule has 0 unspecified atom stereocenters. The molecule has 1 aliphatic rings. The predicted octanol–water partition coefficient (Wildman–Crippen LogP) is 0.196. The zero-order valence-corrected chi connectivity index (χ0v) is 7.40. The molecule has 0 aromatic heterocycles. The molecule has 1 rings (SSSR count). The minimum absolute atomic E-state index is 1.05. The Morgan fingerprint density at radius 3 is 2.55 bits per heavy atom. The lowest BCUT2D eigenvalue weighted by Gasteiger charge is -2.26. The molecule has 0 atom stereocenters. The average molecular weight is 157 g/mol. The van der Waals surface area contributed by atoms with E-state index < -0.39 is 0 Å². The maximum Gasteiger partial charge on any atom is 0.0228 e. The second-order valence-corrected chi connectivity index (χ2v) is 3.08. The Labute approximate surface area is 69.1 Å². The fourth-order valence-corrected chi connectivity index (χ4v) is 1.52. The van der Waals surface area contributed by atoms with Gasteiger partial charge in [0.15, 0.2) is 0 Å². The first-order valence-electron chi connectivity index (χ1n) is 4.55. The summed E-state index contributed by atoms with van der Waals surface area (Å²) in [5.41, 5.74) is 6.03. The molecule has 2 N–H and O–H groups in total. The molecule has 1 fully saturated rings. The average Bonchev–Trinajstić information content (AvgIpc) is 2.07. The van der Waals surface area contributed by atoms with Gasteiger partial charge in [0.25, 0.3) is 0 Å². The summed E-state index contributed by atoms with van der Waals surface area (Å²) in [6.45, 7) is 4.83. The van der Waals surface area contributed by atoms with E-state index in [1.165, 1.54) is 38.9 Å². The number of likely N-dealkylation sites (tertiary alicyclic amines) is 1. The summed E-state index contributed by atoms with van der Waals surface area (Å²) in [7, 11) is 1.91. The Kier molecular flexibility index (Phi) is 4.50. The summed E-state index contributed by atoms with van der Waals surface area (Å²) >= 11 is 0. The van der Waals surface area contributed by atoms with Gasteiger partial charge in [0, 0.05) is 13.1 Å². The molecule has 11 heavy (non-hydrogen) atoms. The first-order chi connectivity index (χ1) is 5.43. The molecule has 0 radical (unpaired) electrons. The SMILES string of the molecule is CNNCCN1CCCCC1. The first-order valence-corrected chi connectivity index (χ1v) is 4.55. The molecule has 0 aliphatic carbocycles. The number of nitrogens with one attached hydrogen (secondary N) is 2. The summed E-state index contributed by atoms with van der Waals surface area (Å²) < 4.78 is 0. The van der Waals surface area contributed by atoms with Crippen LogP contribution in [0.1, 0.15) is 19.3 Å². The number of rotatable bonds is 4. The molecule has 1 heterocycles. The molecule has 0 bridgehead atoms. The van der Waals surface area contributed by atoms with Crippen molar-refractivity contribution in [3.05, 3.63) is 0 Å². The van der Waals surface area contributed by atoms with Crippen LogP contribution in [0.5, 0.6) is 0 Å². The van der Waals surface area contributed by atoms with Crippen LogP contribution in [0.3, 0.4) is 0 Å². The lowest BCUT2D eigenvalue weighted by atomic mass is 10.1. The van der Waals surface area contributed by atoms with E-state index in [4.69, 9.17) is 0 Å². The molecule has 1 aliphatic heterocycles. The molecule has 66 valence electrons. The fourth-order valence-electron chi connectivity index (χ4n) is 1.52.